The van der Waals surface area contributed by atoms with Gasteiger partial charge >= 0.3 is 0 Å². The van der Waals surface area contributed by atoms with Crippen molar-refractivity contribution in [3.05, 3.63) is 66.7 Å². The van der Waals surface area contributed by atoms with Gasteiger partial charge in [-0.25, -0.2) is 0 Å². The van der Waals surface area contributed by atoms with Crippen LogP contribution in [0.15, 0.2) is 61.1 Å². The minimum atomic E-state index is -1.83. The van der Waals surface area contributed by atoms with Gasteiger partial charge in [0.05, 0.1) is 0 Å². The normalized spacial score (nSPS) is 10.6. The monoisotopic (exact) mass is 200 g/mol. The fourth-order valence-electron chi connectivity index (χ4n) is 1.52. The second-order valence-corrected chi connectivity index (χ2v) is 7.08. The molecule has 0 fully saturated rings. The Morgan fingerprint density at radius 2 is 1.64 bits per heavy atom. The molecule has 0 atom stereocenters. The number of aryl methyl sites for hydroxylation is 1. The SMILES string of the molecule is C=C[Si](C=C)(C=C)c1cccc(C)c1. The molecule has 0 spiro atoms. The summed E-state index contributed by atoms with van der Waals surface area (Å²) < 4.78 is 0. The Bertz CT molecular complexity index is 341. The molecule has 0 bridgehead atoms. The Hall–Kier alpha value is -1.34. The first kappa shape index (κ1) is 10.7. The average molecular weight is 200 g/mol. The van der Waals surface area contributed by atoms with Gasteiger partial charge in [0.2, 0.25) is 0 Å². The van der Waals surface area contributed by atoms with Crippen LogP contribution in [0.3, 0.4) is 0 Å². The molecule has 0 radical (unpaired) electrons. The smallest absolute Gasteiger partial charge is 0.106 e. The minimum absolute atomic E-state index is 1.27. The van der Waals surface area contributed by atoms with Gasteiger partial charge in [-0.3, -0.25) is 0 Å². The Morgan fingerprint density at radius 1 is 1.07 bits per heavy atom. The quantitative estimate of drug-likeness (QED) is 0.656. The Labute approximate surface area is 87.3 Å². The van der Waals surface area contributed by atoms with Gasteiger partial charge in [0, 0.05) is 0 Å². The summed E-state index contributed by atoms with van der Waals surface area (Å²) >= 11 is 0. The maximum absolute atomic E-state index is 3.90. The number of benzene rings is 1. The lowest BCUT2D eigenvalue weighted by Gasteiger charge is -2.20. The van der Waals surface area contributed by atoms with Gasteiger partial charge in [-0.1, -0.05) is 46.9 Å². The van der Waals surface area contributed by atoms with E-state index < -0.39 is 8.07 Å². The van der Waals surface area contributed by atoms with Crippen LogP contribution in [0.4, 0.5) is 0 Å². The van der Waals surface area contributed by atoms with Crippen molar-refractivity contribution < 1.29 is 0 Å². The molecule has 1 aromatic carbocycles. The molecule has 0 aliphatic rings. The Morgan fingerprint density at radius 3 is 2.07 bits per heavy atom. The first-order chi connectivity index (χ1) is 6.68. The number of hydrogen-bond donors (Lipinski definition) is 0. The van der Waals surface area contributed by atoms with Gasteiger partial charge in [-0.2, -0.15) is 0 Å². The van der Waals surface area contributed by atoms with Crippen molar-refractivity contribution in [2.24, 2.45) is 0 Å². The molecule has 1 aromatic rings. The fourth-order valence-corrected chi connectivity index (χ4v) is 3.59. The predicted molar refractivity (Wildman–Crippen MR) is 67.2 cm³/mol. The van der Waals surface area contributed by atoms with E-state index in [1.54, 1.807) is 0 Å². The first-order valence-electron chi connectivity index (χ1n) is 4.66. The van der Waals surface area contributed by atoms with Gasteiger partial charge in [0.1, 0.15) is 0 Å². The van der Waals surface area contributed by atoms with Crippen molar-refractivity contribution in [2.45, 2.75) is 6.92 Å². The van der Waals surface area contributed by atoms with Crippen LogP contribution in [0.1, 0.15) is 5.56 Å². The van der Waals surface area contributed by atoms with Crippen LogP contribution in [0.25, 0.3) is 0 Å². The Kier molecular flexibility index (Phi) is 3.26. The fraction of sp³-hybridized carbons (Fsp3) is 0.0769. The van der Waals surface area contributed by atoms with Crippen LogP contribution in [-0.2, 0) is 0 Å². The highest BCUT2D eigenvalue weighted by molar-refractivity contribution is 7.03. The molecular weight excluding hydrogens is 184 g/mol. The summed E-state index contributed by atoms with van der Waals surface area (Å²) in [5, 5.41) is 1.30. The maximum atomic E-state index is 3.90. The summed E-state index contributed by atoms with van der Waals surface area (Å²) in [6.45, 7) is 13.8. The molecule has 0 aromatic heterocycles. The van der Waals surface area contributed by atoms with Crippen LogP contribution < -0.4 is 5.19 Å². The van der Waals surface area contributed by atoms with E-state index in [0.717, 1.165) is 0 Å². The van der Waals surface area contributed by atoms with Crippen LogP contribution in [-0.4, -0.2) is 8.07 Å². The summed E-state index contributed by atoms with van der Waals surface area (Å²) in [6, 6.07) is 8.49. The second-order valence-electron chi connectivity index (χ2n) is 3.41. The van der Waals surface area contributed by atoms with E-state index in [1.807, 2.05) is 17.1 Å². The van der Waals surface area contributed by atoms with E-state index in [2.05, 4.69) is 50.9 Å². The van der Waals surface area contributed by atoms with E-state index in [0.29, 0.717) is 0 Å². The maximum Gasteiger partial charge on any atom is 0.156 e. The van der Waals surface area contributed by atoms with E-state index >= 15 is 0 Å². The number of hydrogen-bond acceptors (Lipinski definition) is 0. The van der Waals surface area contributed by atoms with Crippen molar-refractivity contribution in [3.63, 3.8) is 0 Å². The molecule has 0 amide bonds. The zero-order valence-corrected chi connectivity index (χ0v) is 9.66. The molecule has 0 saturated heterocycles. The minimum Gasteiger partial charge on any atom is -0.106 e. The first-order valence-corrected chi connectivity index (χ1v) is 6.89. The van der Waals surface area contributed by atoms with Gasteiger partial charge in [0.25, 0.3) is 0 Å². The van der Waals surface area contributed by atoms with E-state index in [9.17, 15) is 0 Å². The van der Waals surface area contributed by atoms with Crippen LogP contribution in [0, 0.1) is 6.92 Å². The van der Waals surface area contributed by atoms with Crippen molar-refractivity contribution in [1.82, 2.24) is 0 Å². The summed E-state index contributed by atoms with van der Waals surface area (Å²) in [4.78, 5) is 0. The third-order valence-corrected chi connectivity index (χ3v) is 5.87. The van der Waals surface area contributed by atoms with E-state index in [-0.39, 0.29) is 0 Å². The molecular formula is C13H16Si. The average Bonchev–Trinajstić information content (AvgIpc) is 2.22. The summed E-state index contributed by atoms with van der Waals surface area (Å²) in [6.07, 6.45) is 0. The third kappa shape index (κ3) is 1.78. The van der Waals surface area contributed by atoms with Gasteiger partial charge in [0.15, 0.2) is 8.07 Å². The summed E-state index contributed by atoms with van der Waals surface area (Å²) in [7, 11) is -1.83. The standard InChI is InChI=1S/C13H16Si/c1-5-14(6-2,7-3)13-10-8-9-12(4)11-13/h5-11H,1-3H2,4H3. The lowest BCUT2D eigenvalue weighted by Crippen LogP contribution is -2.42. The molecule has 0 aliphatic heterocycles. The molecule has 0 N–H and O–H groups in total. The molecule has 1 heteroatoms. The largest absolute Gasteiger partial charge is 0.156 e. The van der Waals surface area contributed by atoms with Crippen molar-refractivity contribution in [1.29, 1.82) is 0 Å². The molecule has 0 aliphatic carbocycles. The summed E-state index contributed by atoms with van der Waals surface area (Å²) in [5.41, 5.74) is 7.27. The van der Waals surface area contributed by atoms with Crippen LogP contribution in [0.2, 0.25) is 0 Å². The van der Waals surface area contributed by atoms with Crippen LogP contribution in [0.5, 0.6) is 0 Å². The second kappa shape index (κ2) is 4.25. The van der Waals surface area contributed by atoms with Gasteiger partial charge < -0.3 is 0 Å². The molecule has 0 saturated carbocycles. The zero-order chi connectivity index (χ0) is 10.6. The van der Waals surface area contributed by atoms with E-state index in [4.69, 9.17) is 0 Å². The lowest BCUT2D eigenvalue weighted by molar-refractivity contribution is 1.49. The van der Waals surface area contributed by atoms with Crippen molar-refractivity contribution >= 4 is 13.3 Å². The molecule has 1 rings (SSSR count). The number of rotatable bonds is 4. The zero-order valence-electron chi connectivity index (χ0n) is 8.66. The molecule has 72 valence electrons. The van der Waals surface area contributed by atoms with Gasteiger partial charge in [-0.05, 0) is 12.1 Å². The molecule has 0 heterocycles. The van der Waals surface area contributed by atoms with Crippen LogP contribution >= 0.6 is 0 Å². The third-order valence-electron chi connectivity index (χ3n) is 2.53. The van der Waals surface area contributed by atoms with E-state index in [1.165, 1.54) is 10.8 Å². The topological polar surface area (TPSA) is 0 Å². The summed E-state index contributed by atoms with van der Waals surface area (Å²) in [5.74, 6) is 0. The van der Waals surface area contributed by atoms with Gasteiger partial charge in [-0.15, -0.1) is 19.7 Å². The lowest BCUT2D eigenvalue weighted by atomic mass is 10.2. The highest BCUT2D eigenvalue weighted by atomic mass is 28.3. The molecule has 14 heavy (non-hydrogen) atoms. The molecule has 0 unspecified atom stereocenters. The highest BCUT2D eigenvalue weighted by Gasteiger charge is 2.23. The van der Waals surface area contributed by atoms with Crippen molar-refractivity contribution in [2.75, 3.05) is 0 Å². The Balaban J connectivity index is 3.30. The van der Waals surface area contributed by atoms with Crippen molar-refractivity contribution in [3.8, 4) is 0 Å². The highest BCUT2D eigenvalue weighted by Crippen LogP contribution is 2.09. The molecule has 0 nitrogen and oxygen atoms in total. The predicted octanol–water partition coefficient (Wildman–Crippen LogP) is 2.83.